The first kappa shape index (κ1) is 16.0. The lowest BCUT2D eigenvalue weighted by Crippen LogP contribution is -2.24. The number of unbranched alkanes of at least 4 members (excludes halogenated alkanes) is 3. The van der Waals surface area contributed by atoms with Crippen molar-refractivity contribution in [1.29, 1.82) is 5.26 Å². The summed E-state index contributed by atoms with van der Waals surface area (Å²) in [5.74, 6) is -0.581. The van der Waals surface area contributed by atoms with Gasteiger partial charge < -0.3 is 4.74 Å². The van der Waals surface area contributed by atoms with Gasteiger partial charge in [0.1, 0.15) is 0 Å². The zero-order valence-electron chi connectivity index (χ0n) is 12.3. The van der Waals surface area contributed by atoms with Gasteiger partial charge in [0.25, 0.3) is 0 Å². The van der Waals surface area contributed by atoms with Gasteiger partial charge in [0.2, 0.25) is 0 Å². The van der Waals surface area contributed by atoms with E-state index in [4.69, 9.17) is 10.00 Å². The fraction of sp³-hybridized carbons (Fsp3) is 0.643. The molecule has 0 bridgehead atoms. The summed E-state index contributed by atoms with van der Waals surface area (Å²) in [5.41, 5.74) is 0.352. The Hall–Kier alpha value is -2.03. The van der Waals surface area contributed by atoms with E-state index in [0.29, 0.717) is 12.2 Å². The second-order valence-corrected chi connectivity index (χ2v) is 4.68. The van der Waals surface area contributed by atoms with Crippen molar-refractivity contribution in [3.8, 4) is 6.07 Å². The van der Waals surface area contributed by atoms with Crippen molar-refractivity contribution in [2.75, 3.05) is 7.11 Å². The van der Waals surface area contributed by atoms with Gasteiger partial charge in [-0.1, -0.05) is 26.2 Å². The number of hydrogen-bond donors (Lipinski definition) is 0. The molecule has 20 heavy (non-hydrogen) atoms. The third-order valence-corrected chi connectivity index (χ3v) is 3.31. The molecule has 0 unspecified atom stereocenters. The summed E-state index contributed by atoms with van der Waals surface area (Å²) in [7, 11) is 2.79. The second-order valence-electron chi connectivity index (χ2n) is 4.68. The number of esters is 1. The Balaban J connectivity index is 3.13. The number of ether oxygens (including phenoxy) is 1. The molecule has 0 fully saturated rings. The van der Waals surface area contributed by atoms with Crippen molar-refractivity contribution in [2.45, 2.75) is 45.6 Å². The van der Waals surface area contributed by atoms with Crippen LogP contribution >= 0.6 is 0 Å². The monoisotopic (exact) mass is 279 g/mol. The highest BCUT2D eigenvalue weighted by Crippen LogP contribution is 2.11. The van der Waals surface area contributed by atoms with Gasteiger partial charge in [-0.15, -0.1) is 0 Å². The Bertz CT molecular complexity index is 563. The van der Waals surface area contributed by atoms with Gasteiger partial charge in [0.05, 0.1) is 25.3 Å². The Morgan fingerprint density at radius 2 is 2.05 bits per heavy atom. The van der Waals surface area contributed by atoms with E-state index in [-0.39, 0.29) is 17.8 Å². The number of nitriles is 1. The zero-order valence-corrected chi connectivity index (χ0v) is 12.3. The molecular formula is C14H21N3O3. The maximum absolute atomic E-state index is 12.2. The highest BCUT2D eigenvalue weighted by molar-refractivity contribution is 5.88. The maximum Gasteiger partial charge on any atom is 0.356 e. The molecule has 1 aromatic rings. The molecule has 0 N–H and O–H groups in total. The maximum atomic E-state index is 12.2. The molecule has 1 heterocycles. The van der Waals surface area contributed by atoms with Gasteiger partial charge in [0, 0.05) is 13.6 Å². The van der Waals surface area contributed by atoms with Gasteiger partial charge in [-0.3, -0.25) is 9.13 Å². The van der Waals surface area contributed by atoms with Crippen molar-refractivity contribution in [3.05, 3.63) is 21.9 Å². The molecule has 0 aliphatic rings. The highest BCUT2D eigenvalue weighted by atomic mass is 16.5. The Morgan fingerprint density at radius 1 is 1.35 bits per heavy atom. The lowest BCUT2D eigenvalue weighted by Gasteiger charge is -2.06. The quantitative estimate of drug-likeness (QED) is 0.561. The molecule has 0 radical (unpaired) electrons. The molecule has 0 spiro atoms. The van der Waals surface area contributed by atoms with Crippen molar-refractivity contribution < 1.29 is 9.53 Å². The van der Waals surface area contributed by atoms with E-state index < -0.39 is 5.97 Å². The average Bonchev–Trinajstić information content (AvgIpc) is 2.67. The summed E-state index contributed by atoms with van der Waals surface area (Å²) in [4.78, 5) is 23.9. The van der Waals surface area contributed by atoms with Crippen LogP contribution in [0.1, 0.15) is 48.8 Å². The minimum atomic E-state index is -0.581. The first-order valence-electron chi connectivity index (χ1n) is 6.82. The van der Waals surface area contributed by atoms with Crippen LogP contribution in [-0.2, 0) is 24.8 Å². The number of rotatable bonds is 7. The van der Waals surface area contributed by atoms with Gasteiger partial charge >= 0.3 is 11.7 Å². The van der Waals surface area contributed by atoms with Crippen molar-refractivity contribution in [3.63, 3.8) is 0 Å². The number of hydrogen-bond acceptors (Lipinski definition) is 4. The van der Waals surface area contributed by atoms with Crippen LogP contribution in [0.15, 0.2) is 4.79 Å². The highest BCUT2D eigenvalue weighted by Gasteiger charge is 2.23. The van der Waals surface area contributed by atoms with Gasteiger partial charge in [-0.25, -0.2) is 9.59 Å². The summed E-state index contributed by atoms with van der Waals surface area (Å²) in [6.07, 6.45) is 4.13. The summed E-state index contributed by atoms with van der Waals surface area (Å²) in [6, 6.07) is 2.01. The molecule has 0 aromatic carbocycles. The molecule has 0 atom stereocenters. The molecule has 6 heteroatoms. The summed E-state index contributed by atoms with van der Waals surface area (Å²) in [6.45, 7) is 2.64. The molecule has 1 rings (SSSR count). The Labute approximate surface area is 118 Å². The topological polar surface area (TPSA) is 77.0 Å². The van der Waals surface area contributed by atoms with E-state index in [1.165, 1.54) is 23.3 Å². The van der Waals surface area contributed by atoms with E-state index in [0.717, 1.165) is 25.7 Å². The normalized spacial score (nSPS) is 10.3. The van der Waals surface area contributed by atoms with Gasteiger partial charge in [-0.2, -0.15) is 5.26 Å². The zero-order chi connectivity index (χ0) is 15.1. The molecule has 0 aliphatic heterocycles. The van der Waals surface area contributed by atoms with Crippen LogP contribution in [0, 0.1) is 11.3 Å². The Morgan fingerprint density at radius 3 is 2.60 bits per heavy atom. The number of aromatic nitrogens is 2. The minimum Gasteiger partial charge on any atom is -0.464 e. The first-order valence-corrected chi connectivity index (χ1v) is 6.82. The van der Waals surface area contributed by atoms with E-state index in [9.17, 15) is 9.59 Å². The average molecular weight is 279 g/mol. The number of methoxy groups -OCH3 is 1. The summed E-state index contributed by atoms with van der Waals surface area (Å²) in [5, 5.41) is 8.91. The van der Waals surface area contributed by atoms with E-state index in [2.05, 4.69) is 6.92 Å². The number of carbonyl (C=O) groups excluding carboxylic acids is 1. The predicted octanol–water partition coefficient (Wildman–Crippen LogP) is 1.62. The van der Waals surface area contributed by atoms with Crippen LogP contribution in [-0.4, -0.2) is 22.2 Å². The first-order chi connectivity index (χ1) is 9.58. The molecule has 0 saturated heterocycles. The summed E-state index contributed by atoms with van der Waals surface area (Å²) >= 11 is 0. The van der Waals surface area contributed by atoms with Crippen molar-refractivity contribution >= 4 is 5.97 Å². The largest absolute Gasteiger partial charge is 0.464 e. The number of carbonyl (C=O) groups is 1. The van der Waals surface area contributed by atoms with Crippen molar-refractivity contribution in [1.82, 2.24) is 9.13 Å². The molecule has 0 saturated carbocycles. The minimum absolute atomic E-state index is 0.0221. The second kappa shape index (κ2) is 7.53. The molecule has 1 aromatic heterocycles. The van der Waals surface area contributed by atoms with E-state index in [1.54, 1.807) is 0 Å². The standard InChI is InChI=1S/C14H21N3O3/c1-4-5-6-7-10-17-11(8-9-15)12(13(18)20-3)16(2)14(17)19/h4-8,10H2,1-3H3. The fourth-order valence-electron chi connectivity index (χ4n) is 2.25. The van der Waals surface area contributed by atoms with E-state index in [1.807, 2.05) is 6.07 Å². The van der Waals surface area contributed by atoms with Crippen LogP contribution in [0.2, 0.25) is 0 Å². The van der Waals surface area contributed by atoms with Gasteiger partial charge in [0.15, 0.2) is 5.69 Å². The SMILES string of the molecule is CCCCCCn1c(CC#N)c(C(=O)OC)n(C)c1=O. The third kappa shape index (κ3) is 3.29. The van der Waals surface area contributed by atoms with Crippen LogP contribution in [0.3, 0.4) is 0 Å². The number of imidazole rings is 1. The molecule has 0 aliphatic carbocycles. The van der Waals surface area contributed by atoms with Crippen LogP contribution in [0.4, 0.5) is 0 Å². The van der Waals surface area contributed by atoms with E-state index >= 15 is 0 Å². The molecule has 0 amide bonds. The smallest absolute Gasteiger partial charge is 0.356 e. The van der Waals surface area contributed by atoms with Crippen LogP contribution in [0.5, 0.6) is 0 Å². The Kier molecular flexibility index (Phi) is 6.04. The van der Waals surface area contributed by atoms with Gasteiger partial charge in [-0.05, 0) is 6.42 Å². The number of nitrogens with zero attached hydrogens (tertiary/aromatic N) is 3. The van der Waals surface area contributed by atoms with Crippen molar-refractivity contribution in [2.24, 2.45) is 7.05 Å². The predicted molar refractivity (Wildman–Crippen MR) is 74.5 cm³/mol. The lowest BCUT2D eigenvalue weighted by molar-refractivity contribution is 0.0588. The van der Waals surface area contributed by atoms with Crippen LogP contribution in [0.25, 0.3) is 0 Å². The molecular weight excluding hydrogens is 258 g/mol. The van der Waals surface area contributed by atoms with Crippen LogP contribution < -0.4 is 5.69 Å². The third-order valence-electron chi connectivity index (χ3n) is 3.31. The summed E-state index contributed by atoms with van der Waals surface area (Å²) < 4.78 is 7.48. The molecule has 110 valence electrons. The molecule has 6 nitrogen and oxygen atoms in total. The fourth-order valence-corrected chi connectivity index (χ4v) is 2.25. The lowest BCUT2D eigenvalue weighted by atomic mass is 10.2.